The monoisotopic (exact) mass is 294 g/mol. The van der Waals surface area contributed by atoms with E-state index in [2.05, 4.69) is 5.32 Å². The topological polar surface area (TPSA) is 32.3 Å². The standard InChI is InChI=1S/C19H22N2O/c1-21(2)14-13-19(22)18(15-16-9-5-3-6-10-16)20-17-11-7-4-8-12-17/h3-12,15,20H,13-14H2,1-2H3/b18-15+. The number of benzene rings is 2. The second-order valence-corrected chi connectivity index (χ2v) is 5.44. The Morgan fingerprint density at radius 3 is 2.18 bits per heavy atom. The van der Waals surface area contributed by atoms with Crippen LogP contribution in [0.5, 0.6) is 0 Å². The van der Waals surface area contributed by atoms with Gasteiger partial charge in [-0.2, -0.15) is 0 Å². The molecule has 114 valence electrons. The number of ketones is 1. The van der Waals surface area contributed by atoms with E-state index in [1.807, 2.05) is 85.7 Å². The summed E-state index contributed by atoms with van der Waals surface area (Å²) in [6.07, 6.45) is 2.40. The van der Waals surface area contributed by atoms with Crippen molar-refractivity contribution in [2.24, 2.45) is 0 Å². The van der Waals surface area contributed by atoms with E-state index in [1.54, 1.807) is 0 Å². The zero-order chi connectivity index (χ0) is 15.8. The molecule has 2 aromatic carbocycles. The molecule has 0 aliphatic heterocycles. The van der Waals surface area contributed by atoms with Crippen LogP contribution in [0.2, 0.25) is 0 Å². The Kier molecular flexibility index (Phi) is 5.92. The molecule has 0 aliphatic rings. The van der Waals surface area contributed by atoms with Gasteiger partial charge in [0, 0.05) is 18.7 Å². The quantitative estimate of drug-likeness (QED) is 0.791. The van der Waals surface area contributed by atoms with E-state index in [0.717, 1.165) is 17.8 Å². The van der Waals surface area contributed by atoms with Crippen LogP contribution in [0.4, 0.5) is 5.69 Å². The van der Waals surface area contributed by atoms with Crippen molar-refractivity contribution < 1.29 is 4.79 Å². The van der Waals surface area contributed by atoms with E-state index in [0.29, 0.717) is 12.1 Å². The molecule has 0 aliphatic carbocycles. The minimum Gasteiger partial charge on any atom is -0.353 e. The summed E-state index contributed by atoms with van der Waals surface area (Å²) in [5, 5.41) is 3.24. The molecule has 0 spiro atoms. The molecule has 2 aromatic rings. The van der Waals surface area contributed by atoms with Crippen molar-refractivity contribution in [3.8, 4) is 0 Å². The highest BCUT2D eigenvalue weighted by molar-refractivity contribution is 6.02. The number of nitrogens with one attached hydrogen (secondary N) is 1. The van der Waals surface area contributed by atoms with Gasteiger partial charge < -0.3 is 10.2 Å². The molecule has 3 nitrogen and oxygen atoms in total. The smallest absolute Gasteiger partial charge is 0.180 e. The molecule has 0 aromatic heterocycles. The van der Waals surface area contributed by atoms with Gasteiger partial charge in [-0.1, -0.05) is 48.5 Å². The van der Waals surface area contributed by atoms with E-state index in [4.69, 9.17) is 0 Å². The van der Waals surface area contributed by atoms with E-state index >= 15 is 0 Å². The second kappa shape index (κ2) is 8.15. The van der Waals surface area contributed by atoms with Crippen LogP contribution in [-0.2, 0) is 4.79 Å². The first kappa shape index (κ1) is 16.0. The number of nitrogens with zero attached hydrogens (tertiary/aromatic N) is 1. The van der Waals surface area contributed by atoms with Gasteiger partial charge in [-0.15, -0.1) is 0 Å². The maximum absolute atomic E-state index is 12.5. The third-order valence-electron chi connectivity index (χ3n) is 3.25. The molecular formula is C19H22N2O. The van der Waals surface area contributed by atoms with Gasteiger partial charge in [0.15, 0.2) is 5.78 Å². The molecule has 0 unspecified atom stereocenters. The minimum absolute atomic E-state index is 0.112. The van der Waals surface area contributed by atoms with Crippen LogP contribution in [-0.4, -0.2) is 31.3 Å². The molecule has 0 amide bonds. The number of hydrogen-bond donors (Lipinski definition) is 1. The van der Waals surface area contributed by atoms with Crippen molar-refractivity contribution in [1.82, 2.24) is 4.90 Å². The van der Waals surface area contributed by atoms with Gasteiger partial charge in [0.05, 0.1) is 5.70 Å². The van der Waals surface area contributed by atoms with Crippen LogP contribution in [0.3, 0.4) is 0 Å². The zero-order valence-electron chi connectivity index (χ0n) is 13.1. The highest BCUT2D eigenvalue weighted by Gasteiger charge is 2.10. The molecule has 0 saturated carbocycles. The van der Waals surface area contributed by atoms with E-state index < -0.39 is 0 Å². The normalized spacial score (nSPS) is 11.5. The number of anilines is 1. The average molecular weight is 294 g/mol. The molecule has 0 bridgehead atoms. The summed E-state index contributed by atoms with van der Waals surface area (Å²) in [4.78, 5) is 14.5. The third-order valence-corrected chi connectivity index (χ3v) is 3.25. The molecular weight excluding hydrogens is 272 g/mol. The number of carbonyl (C=O) groups excluding carboxylic acids is 1. The van der Waals surface area contributed by atoms with Gasteiger partial charge >= 0.3 is 0 Å². The number of para-hydroxylation sites is 1. The first-order valence-corrected chi connectivity index (χ1v) is 7.42. The van der Waals surface area contributed by atoms with Crippen molar-refractivity contribution in [3.63, 3.8) is 0 Å². The molecule has 2 rings (SSSR count). The Balaban J connectivity index is 2.20. The van der Waals surface area contributed by atoms with Gasteiger partial charge in [-0.25, -0.2) is 0 Å². The van der Waals surface area contributed by atoms with Crippen molar-refractivity contribution in [2.75, 3.05) is 26.0 Å². The summed E-state index contributed by atoms with van der Waals surface area (Å²) >= 11 is 0. The Hall–Kier alpha value is -2.39. The van der Waals surface area contributed by atoms with Crippen LogP contribution in [0.1, 0.15) is 12.0 Å². The summed E-state index contributed by atoms with van der Waals surface area (Å²) < 4.78 is 0. The van der Waals surface area contributed by atoms with E-state index in [-0.39, 0.29) is 5.78 Å². The summed E-state index contributed by atoms with van der Waals surface area (Å²) in [7, 11) is 3.94. The molecule has 0 heterocycles. The summed E-state index contributed by atoms with van der Waals surface area (Å²) in [6.45, 7) is 0.738. The van der Waals surface area contributed by atoms with Crippen LogP contribution < -0.4 is 5.32 Å². The van der Waals surface area contributed by atoms with Crippen molar-refractivity contribution >= 4 is 17.5 Å². The lowest BCUT2D eigenvalue weighted by molar-refractivity contribution is -0.115. The van der Waals surface area contributed by atoms with Gasteiger partial charge in [-0.05, 0) is 37.9 Å². The summed E-state index contributed by atoms with van der Waals surface area (Å²) in [6, 6.07) is 19.7. The maximum Gasteiger partial charge on any atom is 0.180 e. The summed E-state index contributed by atoms with van der Waals surface area (Å²) in [5.41, 5.74) is 2.56. The van der Waals surface area contributed by atoms with Crippen molar-refractivity contribution in [3.05, 3.63) is 71.9 Å². The molecule has 0 saturated heterocycles. The first-order chi connectivity index (χ1) is 10.6. The fourth-order valence-corrected chi connectivity index (χ4v) is 2.04. The second-order valence-electron chi connectivity index (χ2n) is 5.44. The predicted molar refractivity (Wildman–Crippen MR) is 92.7 cm³/mol. The minimum atomic E-state index is 0.112. The number of allylic oxidation sites excluding steroid dienone is 1. The first-order valence-electron chi connectivity index (χ1n) is 7.42. The largest absolute Gasteiger partial charge is 0.353 e. The molecule has 3 heteroatoms. The third kappa shape index (κ3) is 5.19. The average Bonchev–Trinajstić information content (AvgIpc) is 2.54. The lowest BCUT2D eigenvalue weighted by atomic mass is 10.1. The van der Waals surface area contributed by atoms with E-state index in [9.17, 15) is 4.79 Å². The SMILES string of the molecule is CN(C)CCC(=O)/C(=C\c1ccccc1)Nc1ccccc1. The van der Waals surface area contributed by atoms with Crippen LogP contribution in [0.25, 0.3) is 6.08 Å². The lowest BCUT2D eigenvalue weighted by Gasteiger charge is -2.13. The lowest BCUT2D eigenvalue weighted by Crippen LogP contribution is -2.20. The van der Waals surface area contributed by atoms with Gasteiger partial charge in [0.2, 0.25) is 0 Å². The van der Waals surface area contributed by atoms with Gasteiger partial charge in [-0.3, -0.25) is 4.79 Å². The maximum atomic E-state index is 12.5. The van der Waals surface area contributed by atoms with Crippen LogP contribution in [0.15, 0.2) is 66.4 Å². The molecule has 1 N–H and O–H groups in total. The molecule has 0 atom stereocenters. The number of Topliss-reactive ketones (excluding diaryl/α,β-unsaturated/α-hetero) is 1. The molecule has 22 heavy (non-hydrogen) atoms. The molecule has 0 radical (unpaired) electrons. The fourth-order valence-electron chi connectivity index (χ4n) is 2.04. The van der Waals surface area contributed by atoms with E-state index in [1.165, 1.54) is 0 Å². The van der Waals surface area contributed by atoms with Crippen LogP contribution >= 0.6 is 0 Å². The predicted octanol–water partition coefficient (Wildman–Crippen LogP) is 3.66. The Morgan fingerprint density at radius 2 is 1.59 bits per heavy atom. The number of rotatable bonds is 7. The van der Waals surface area contributed by atoms with Crippen LogP contribution in [0, 0.1) is 0 Å². The molecule has 0 fully saturated rings. The Morgan fingerprint density at radius 1 is 1.00 bits per heavy atom. The number of hydrogen-bond acceptors (Lipinski definition) is 3. The highest BCUT2D eigenvalue weighted by Crippen LogP contribution is 2.14. The van der Waals surface area contributed by atoms with Crippen molar-refractivity contribution in [1.29, 1.82) is 0 Å². The van der Waals surface area contributed by atoms with Gasteiger partial charge in [0.25, 0.3) is 0 Å². The fraction of sp³-hybridized carbons (Fsp3) is 0.211. The Labute approximate surface area is 132 Å². The number of carbonyl (C=O) groups is 1. The summed E-state index contributed by atoms with van der Waals surface area (Å²) in [5.74, 6) is 0.112. The Bertz CT molecular complexity index is 618. The highest BCUT2D eigenvalue weighted by atomic mass is 16.1. The zero-order valence-corrected chi connectivity index (χ0v) is 13.1. The van der Waals surface area contributed by atoms with Gasteiger partial charge in [0.1, 0.15) is 0 Å². The van der Waals surface area contributed by atoms with Crippen molar-refractivity contribution in [2.45, 2.75) is 6.42 Å².